The van der Waals surface area contributed by atoms with Gasteiger partial charge in [-0.2, -0.15) is 4.98 Å². The van der Waals surface area contributed by atoms with Crippen molar-refractivity contribution in [2.75, 3.05) is 44.3 Å². The summed E-state index contributed by atoms with van der Waals surface area (Å²) in [5, 5.41) is 9.45. The van der Waals surface area contributed by atoms with Crippen molar-refractivity contribution in [1.82, 2.24) is 24.6 Å². The van der Waals surface area contributed by atoms with Crippen molar-refractivity contribution in [3.63, 3.8) is 0 Å². The lowest BCUT2D eigenvalue weighted by molar-refractivity contribution is 0.352. The Balaban J connectivity index is 1.55. The van der Waals surface area contributed by atoms with E-state index in [1.54, 1.807) is 11.8 Å². The number of nitrogens with one attached hydrogen (secondary N) is 1. The molecule has 0 radical (unpaired) electrons. The second kappa shape index (κ2) is 9.25. The van der Waals surface area contributed by atoms with Crippen LogP contribution in [-0.4, -0.2) is 57.9 Å². The smallest absolute Gasteiger partial charge is 0.225 e. The molecule has 0 bridgehead atoms. The number of anilines is 2. The third kappa shape index (κ3) is 4.44. The third-order valence-electron chi connectivity index (χ3n) is 5.91. The molecule has 5 rings (SSSR count). The average Bonchev–Trinajstić information content (AvgIpc) is 3.47. The largest absolute Gasteiger partial charge is 0.497 e. The van der Waals surface area contributed by atoms with Crippen molar-refractivity contribution >= 4 is 34.4 Å². The van der Waals surface area contributed by atoms with Gasteiger partial charge < -0.3 is 20.7 Å². The van der Waals surface area contributed by atoms with E-state index in [9.17, 15) is 0 Å². The first-order valence-electron chi connectivity index (χ1n) is 11.1. The Labute approximate surface area is 197 Å². The summed E-state index contributed by atoms with van der Waals surface area (Å²) in [7, 11) is 1.64. The molecule has 0 unspecified atom stereocenters. The van der Waals surface area contributed by atoms with Crippen LogP contribution in [0.1, 0.15) is 12.8 Å². The third-order valence-corrected chi connectivity index (χ3v) is 6.17. The van der Waals surface area contributed by atoms with E-state index < -0.39 is 0 Å². The highest BCUT2D eigenvalue weighted by Crippen LogP contribution is 2.33. The maximum absolute atomic E-state index is 6.58. The topological polar surface area (TPSA) is 94.1 Å². The van der Waals surface area contributed by atoms with Crippen molar-refractivity contribution in [1.29, 1.82) is 0 Å². The number of nitrogen functional groups attached to an aromatic ring is 1. The Hall–Kier alpha value is -3.36. The Morgan fingerprint density at radius 2 is 1.76 bits per heavy atom. The number of hydrogen-bond acceptors (Lipinski definition) is 7. The maximum Gasteiger partial charge on any atom is 0.225 e. The number of likely N-dealkylation sites (tertiary alicyclic amines) is 1. The monoisotopic (exact) mass is 463 g/mol. The van der Waals surface area contributed by atoms with Gasteiger partial charge in [-0.15, -0.1) is 5.10 Å². The van der Waals surface area contributed by atoms with Crippen LogP contribution in [0.3, 0.4) is 0 Å². The zero-order chi connectivity index (χ0) is 22.8. The van der Waals surface area contributed by atoms with Crippen molar-refractivity contribution in [3.8, 4) is 22.7 Å². The van der Waals surface area contributed by atoms with Crippen LogP contribution < -0.4 is 15.8 Å². The molecule has 0 spiro atoms. The molecule has 2 aromatic heterocycles. The molecule has 3 N–H and O–H groups in total. The van der Waals surface area contributed by atoms with Gasteiger partial charge in [0.1, 0.15) is 11.6 Å². The number of fused-ring (bicyclic) bond motifs is 1. The lowest BCUT2D eigenvalue weighted by atomic mass is 10.1. The van der Waals surface area contributed by atoms with Crippen LogP contribution >= 0.6 is 11.6 Å². The Morgan fingerprint density at radius 3 is 2.45 bits per heavy atom. The second-order valence-electron chi connectivity index (χ2n) is 8.07. The molecule has 9 heteroatoms. The number of methoxy groups -OCH3 is 1. The Morgan fingerprint density at radius 1 is 1.03 bits per heavy atom. The molecule has 33 heavy (non-hydrogen) atoms. The standard InChI is InChI=1S/C24H26ClN7O/c1-33-19-10-8-18(9-11-19)32-22(26)20-21(16-4-6-17(25)7-5-16)28-24(29-23(20)30-32)27-12-15-31-13-2-3-14-31/h4-11H,2-3,12-15,26H2,1H3,(H,27,29,30). The first-order valence-corrected chi connectivity index (χ1v) is 11.4. The number of benzene rings is 2. The first kappa shape index (κ1) is 21.5. The fourth-order valence-electron chi connectivity index (χ4n) is 4.16. The zero-order valence-electron chi connectivity index (χ0n) is 18.5. The molecule has 8 nitrogen and oxygen atoms in total. The van der Waals surface area contributed by atoms with Crippen molar-refractivity contribution < 1.29 is 4.74 Å². The van der Waals surface area contributed by atoms with Crippen LogP contribution in [0.4, 0.5) is 11.8 Å². The van der Waals surface area contributed by atoms with Gasteiger partial charge in [-0.1, -0.05) is 23.7 Å². The van der Waals surface area contributed by atoms with Crippen LogP contribution in [-0.2, 0) is 0 Å². The van der Waals surface area contributed by atoms with E-state index in [0.29, 0.717) is 27.8 Å². The van der Waals surface area contributed by atoms with E-state index in [-0.39, 0.29) is 0 Å². The molecular weight excluding hydrogens is 438 g/mol. The number of nitrogens with zero attached hydrogens (tertiary/aromatic N) is 5. The van der Waals surface area contributed by atoms with E-state index in [2.05, 4.69) is 15.2 Å². The highest BCUT2D eigenvalue weighted by molar-refractivity contribution is 6.30. The SMILES string of the molecule is COc1ccc(-n2nc3nc(NCCN4CCCC4)nc(-c4ccc(Cl)cc4)c3c2N)cc1. The lowest BCUT2D eigenvalue weighted by Gasteiger charge is -2.15. The molecule has 1 aliphatic heterocycles. The van der Waals surface area contributed by atoms with Gasteiger partial charge in [0.25, 0.3) is 0 Å². The molecule has 3 heterocycles. The van der Waals surface area contributed by atoms with Gasteiger partial charge in [0.2, 0.25) is 5.95 Å². The van der Waals surface area contributed by atoms with Crippen LogP contribution in [0.15, 0.2) is 48.5 Å². The van der Waals surface area contributed by atoms with E-state index in [1.807, 2.05) is 48.5 Å². The quantitative estimate of drug-likeness (QED) is 0.423. The summed E-state index contributed by atoms with van der Waals surface area (Å²) in [5.41, 5.74) is 9.55. The van der Waals surface area contributed by atoms with E-state index in [0.717, 1.165) is 48.9 Å². The zero-order valence-corrected chi connectivity index (χ0v) is 19.2. The first-order chi connectivity index (χ1) is 16.1. The van der Waals surface area contributed by atoms with Gasteiger partial charge >= 0.3 is 0 Å². The second-order valence-corrected chi connectivity index (χ2v) is 8.51. The average molecular weight is 464 g/mol. The molecule has 0 aliphatic carbocycles. The maximum atomic E-state index is 6.58. The number of aromatic nitrogens is 4. The minimum atomic E-state index is 0.476. The number of nitrogens with two attached hydrogens (primary N) is 1. The number of rotatable bonds is 7. The summed E-state index contributed by atoms with van der Waals surface area (Å²) >= 11 is 6.12. The van der Waals surface area contributed by atoms with Gasteiger partial charge in [0.15, 0.2) is 5.65 Å². The molecule has 170 valence electrons. The summed E-state index contributed by atoms with van der Waals surface area (Å²) < 4.78 is 6.95. The molecular formula is C24H26ClN7O. The number of ether oxygens (including phenoxy) is 1. The fraction of sp³-hybridized carbons (Fsp3) is 0.292. The predicted molar refractivity (Wildman–Crippen MR) is 132 cm³/mol. The molecule has 0 amide bonds. The Kier molecular flexibility index (Phi) is 6.02. The molecule has 1 aliphatic rings. The molecule has 0 saturated carbocycles. The molecule has 1 fully saturated rings. The van der Waals surface area contributed by atoms with Crippen molar-refractivity contribution in [3.05, 3.63) is 53.6 Å². The highest BCUT2D eigenvalue weighted by atomic mass is 35.5. The number of hydrogen-bond donors (Lipinski definition) is 2. The Bertz CT molecular complexity index is 1250. The summed E-state index contributed by atoms with van der Waals surface area (Å²) in [6.07, 6.45) is 2.54. The minimum Gasteiger partial charge on any atom is -0.497 e. The molecule has 4 aromatic rings. The molecule has 2 aromatic carbocycles. The van der Waals surface area contributed by atoms with Gasteiger partial charge in [0, 0.05) is 23.7 Å². The summed E-state index contributed by atoms with van der Waals surface area (Å²) in [6.45, 7) is 4.03. The normalized spacial score (nSPS) is 14.1. The number of halogens is 1. The minimum absolute atomic E-state index is 0.476. The summed E-state index contributed by atoms with van der Waals surface area (Å²) in [4.78, 5) is 11.9. The summed E-state index contributed by atoms with van der Waals surface area (Å²) in [5.74, 6) is 1.77. The lowest BCUT2D eigenvalue weighted by Crippen LogP contribution is -2.26. The van der Waals surface area contributed by atoms with Gasteiger partial charge in [0.05, 0.1) is 23.9 Å². The van der Waals surface area contributed by atoms with Gasteiger partial charge in [-0.3, -0.25) is 0 Å². The van der Waals surface area contributed by atoms with Crippen LogP contribution in [0.25, 0.3) is 28.0 Å². The molecule has 0 atom stereocenters. The van der Waals surface area contributed by atoms with E-state index in [1.165, 1.54) is 12.8 Å². The van der Waals surface area contributed by atoms with E-state index >= 15 is 0 Å². The summed E-state index contributed by atoms with van der Waals surface area (Å²) in [6, 6.07) is 15.1. The van der Waals surface area contributed by atoms with E-state index in [4.69, 9.17) is 32.2 Å². The van der Waals surface area contributed by atoms with Gasteiger partial charge in [-0.05, 0) is 62.3 Å². The highest BCUT2D eigenvalue weighted by Gasteiger charge is 2.19. The van der Waals surface area contributed by atoms with Crippen molar-refractivity contribution in [2.45, 2.75) is 12.8 Å². The van der Waals surface area contributed by atoms with Crippen LogP contribution in [0.2, 0.25) is 5.02 Å². The van der Waals surface area contributed by atoms with Crippen LogP contribution in [0, 0.1) is 0 Å². The van der Waals surface area contributed by atoms with Gasteiger partial charge in [-0.25, -0.2) is 9.67 Å². The van der Waals surface area contributed by atoms with Crippen molar-refractivity contribution in [2.24, 2.45) is 0 Å². The van der Waals surface area contributed by atoms with Crippen LogP contribution in [0.5, 0.6) is 5.75 Å². The molecule has 1 saturated heterocycles. The predicted octanol–water partition coefficient (Wildman–Crippen LogP) is 4.23. The fourth-order valence-corrected chi connectivity index (χ4v) is 4.29.